The molecule has 2 fully saturated rings. The molecule has 2 aliphatic carbocycles. The molecule has 3 aromatic rings. The van der Waals surface area contributed by atoms with Gasteiger partial charge in [0.1, 0.15) is 11.5 Å². The Balaban J connectivity index is 0.000000183. The van der Waals surface area contributed by atoms with Crippen molar-refractivity contribution >= 4 is 11.1 Å². The molecule has 1 aromatic heterocycles. The van der Waals surface area contributed by atoms with E-state index in [4.69, 9.17) is 4.42 Å². The van der Waals surface area contributed by atoms with Gasteiger partial charge in [0.25, 0.3) is 0 Å². The fourth-order valence-electron chi connectivity index (χ4n) is 4.90. The average molecular weight is 599 g/mol. The van der Waals surface area contributed by atoms with Crippen LogP contribution in [0.4, 0.5) is 0 Å². The van der Waals surface area contributed by atoms with Crippen LogP contribution in [0.2, 0.25) is 0 Å². The van der Waals surface area contributed by atoms with Crippen molar-refractivity contribution in [3.05, 3.63) is 54.1 Å². The number of nitrogens with zero attached hydrogens (tertiary/aromatic N) is 1. The fraction of sp³-hybridized carbons (Fsp3) is 0.500. The molecule has 2 aromatic carbocycles. The molecule has 1 heterocycles. The van der Waals surface area contributed by atoms with Gasteiger partial charge in [-0.05, 0) is 49.7 Å². The SMILES string of the molecule is CC(C)c1cc[c-]c(-c2nc3ccccc3o2)c1.OC1CCCCC2CCC(O)C12.[Ir]. The van der Waals surface area contributed by atoms with Crippen LogP contribution in [0.15, 0.2) is 46.9 Å². The van der Waals surface area contributed by atoms with Crippen molar-refractivity contribution in [2.24, 2.45) is 11.8 Å². The van der Waals surface area contributed by atoms with Crippen molar-refractivity contribution in [2.45, 2.75) is 70.5 Å². The third kappa shape index (κ3) is 5.64. The van der Waals surface area contributed by atoms with Crippen LogP contribution in [-0.4, -0.2) is 27.4 Å². The summed E-state index contributed by atoms with van der Waals surface area (Å²) in [7, 11) is 0. The molecule has 5 rings (SSSR count). The van der Waals surface area contributed by atoms with Gasteiger partial charge >= 0.3 is 0 Å². The first-order valence-electron chi connectivity index (χ1n) is 11.3. The predicted octanol–water partition coefficient (Wildman–Crippen LogP) is 5.72. The first-order chi connectivity index (χ1) is 14.5. The van der Waals surface area contributed by atoms with E-state index in [1.807, 2.05) is 30.3 Å². The van der Waals surface area contributed by atoms with Gasteiger partial charge in [0.05, 0.1) is 17.7 Å². The Labute approximate surface area is 198 Å². The van der Waals surface area contributed by atoms with E-state index in [1.54, 1.807) is 0 Å². The second-order valence-electron chi connectivity index (χ2n) is 9.01. The monoisotopic (exact) mass is 599 g/mol. The third-order valence-corrected chi connectivity index (χ3v) is 6.61. The topological polar surface area (TPSA) is 66.5 Å². The molecule has 1 radical (unpaired) electrons. The second-order valence-corrected chi connectivity index (χ2v) is 9.01. The summed E-state index contributed by atoms with van der Waals surface area (Å²) < 4.78 is 5.75. The number of oxazole rings is 1. The van der Waals surface area contributed by atoms with Gasteiger partial charge in [-0.25, -0.2) is 0 Å². The molecule has 4 atom stereocenters. The van der Waals surface area contributed by atoms with Crippen LogP contribution in [-0.2, 0) is 20.1 Å². The molecular weight excluding hydrogens is 567 g/mol. The number of hydrogen-bond acceptors (Lipinski definition) is 4. The van der Waals surface area contributed by atoms with Crippen molar-refractivity contribution < 1.29 is 34.7 Å². The largest absolute Gasteiger partial charge is 0.481 e. The molecule has 169 valence electrons. The molecule has 31 heavy (non-hydrogen) atoms. The quantitative estimate of drug-likeness (QED) is 0.370. The summed E-state index contributed by atoms with van der Waals surface area (Å²) in [5.74, 6) is 1.94. The summed E-state index contributed by atoms with van der Waals surface area (Å²) >= 11 is 0. The number of aliphatic hydroxyl groups excluding tert-OH is 2. The Morgan fingerprint density at radius 1 is 1.00 bits per heavy atom. The summed E-state index contributed by atoms with van der Waals surface area (Å²) in [6, 6.07) is 17.1. The van der Waals surface area contributed by atoms with E-state index in [1.165, 1.54) is 18.4 Å². The standard InChI is InChI=1S/C16H14NO.C10H18O2.Ir/c1-11(2)12-6-5-7-13(10-12)16-17-14-8-3-4-9-15(14)18-16;11-8-4-2-1-3-7-5-6-9(12)10(7)8;/h3-6,8-11H,1-2H3;7-12H,1-6H2;/q-1;;. The first-order valence-corrected chi connectivity index (χ1v) is 11.3. The van der Waals surface area contributed by atoms with Gasteiger partial charge in [-0.3, -0.25) is 4.98 Å². The summed E-state index contributed by atoms with van der Waals surface area (Å²) in [5.41, 5.74) is 3.88. The van der Waals surface area contributed by atoms with Crippen LogP contribution < -0.4 is 0 Å². The minimum Gasteiger partial charge on any atom is -0.481 e. The minimum atomic E-state index is -0.227. The molecule has 0 aliphatic heterocycles. The predicted molar refractivity (Wildman–Crippen MR) is 119 cm³/mol. The van der Waals surface area contributed by atoms with Crippen molar-refractivity contribution in [1.82, 2.24) is 4.98 Å². The number of aliphatic hydroxyl groups is 2. The van der Waals surface area contributed by atoms with Gasteiger partial charge in [0.15, 0.2) is 0 Å². The minimum absolute atomic E-state index is 0. The average Bonchev–Trinajstić information content (AvgIpc) is 3.29. The molecule has 0 spiro atoms. The summed E-state index contributed by atoms with van der Waals surface area (Å²) in [6.07, 6.45) is 6.09. The maximum Gasteiger partial charge on any atom is 0.141 e. The zero-order chi connectivity index (χ0) is 21.1. The maximum atomic E-state index is 9.77. The molecule has 0 bridgehead atoms. The van der Waals surface area contributed by atoms with E-state index >= 15 is 0 Å². The van der Waals surface area contributed by atoms with Crippen LogP contribution in [0.5, 0.6) is 0 Å². The van der Waals surface area contributed by atoms with E-state index < -0.39 is 0 Å². The van der Waals surface area contributed by atoms with Gasteiger partial charge in [-0.2, -0.15) is 0 Å². The van der Waals surface area contributed by atoms with Crippen molar-refractivity contribution in [3.63, 3.8) is 0 Å². The van der Waals surface area contributed by atoms with Gasteiger partial charge in [-0.15, -0.1) is 29.8 Å². The van der Waals surface area contributed by atoms with E-state index in [0.717, 1.165) is 42.3 Å². The number of fused-ring (bicyclic) bond motifs is 2. The van der Waals surface area contributed by atoms with Gasteiger partial charge in [0.2, 0.25) is 0 Å². The normalized spacial score (nSPS) is 25.3. The Bertz CT molecular complexity index is 937. The van der Waals surface area contributed by atoms with Crippen LogP contribution in [0, 0.1) is 17.9 Å². The zero-order valence-corrected chi connectivity index (χ0v) is 20.6. The smallest absolute Gasteiger partial charge is 0.141 e. The van der Waals surface area contributed by atoms with Crippen molar-refractivity contribution in [1.29, 1.82) is 0 Å². The van der Waals surface area contributed by atoms with E-state index in [0.29, 0.717) is 17.7 Å². The molecule has 2 saturated carbocycles. The molecule has 5 heteroatoms. The van der Waals surface area contributed by atoms with E-state index in [-0.39, 0.29) is 38.2 Å². The number of hydrogen-bond donors (Lipinski definition) is 2. The molecule has 2 N–H and O–H groups in total. The van der Waals surface area contributed by atoms with Crippen LogP contribution in [0.25, 0.3) is 22.6 Å². The Kier molecular flexibility index (Phi) is 8.46. The van der Waals surface area contributed by atoms with Crippen molar-refractivity contribution in [2.75, 3.05) is 0 Å². The van der Waals surface area contributed by atoms with Crippen molar-refractivity contribution in [3.8, 4) is 11.5 Å². The van der Waals surface area contributed by atoms with E-state index in [9.17, 15) is 10.2 Å². The Morgan fingerprint density at radius 3 is 2.52 bits per heavy atom. The van der Waals surface area contributed by atoms with Crippen LogP contribution >= 0.6 is 0 Å². The Morgan fingerprint density at radius 2 is 1.74 bits per heavy atom. The van der Waals surface area contributed by atoms with Gasteiger partial charge in [-0.1, -0.05) is 44.4 Å². The second kappa shape index (κ2) is 10.9. The summed E-state index contributed by atoms with van der Waals surface area (Å²) in [6.45, 7) is 4.34. The fourth-order valence-corrected chi connectivity index (χ4v) is 4.90. The molecule has 2 aliphatic rings. The molecule has 4 unspecified atom stereocenters. The van der Waals surface area contributed by atoms with E-state index in [2.05, 4.69) is 37.0 Å². The van der Waals surface area contributed by atoms with Crippen LogP contribution in [0.3, 0.4) is 0 Å². The number of aromatic nitrogens is 1. The Hall–Kier alpha value is -1.52. The molecule has 0 amide bonds. The summed E-state index contributed by atoms with van der Waals surface area (Å²) in [4.78, 5) is 4.49. The van der Waals surface area contributed by atoms with Crippen LogP contribution in [0.1, 0.15) is 63.9 Å². The third-order valence-electron chi connectivity index (χ3n) is 6.61. The molecule has 0 saturated heterocycles. The van der Waals surface area contributed by atoms with Gasteiger partial charge < -0.3 is 14.6 Å². The summed E-state index contributed by atoms with van der Waals surface area (Å²) in [5, 5.41) is 19.4. The van der Waals surface area contributed by atoms with Gasteiger partial charge in [0, 0.05) is 26.0 Å². The first kappa shape index (κ1) is 24.1. The number of para-hydroxylation sites is 2. The number of benzene rings is 2. The number of rotatable bonds is 2. The molecule has 4 nitrogen and oxygen atoms in total. The maximum absolute atomic E-state index is 9.77. The zero-order valence-electron chi connectivity index (χ0n) is 18.3. The molecular formula is C26H32IrNO3-.